The van der Waals surface area contributed by atoms with Crippen molar-refractivity contribution < 1.29 is 34.2 Å². The first kappa shape index (κ1) is 34.6. The summed E-state index contributed by atoms with van der Waals surface area (Å²) in [5.41, 5.74) is -3.22. The predicted octanol–water partition coefficient (Wildman–Crippen LogP) is 4.43. The Balaban J connectivity index is 5.13. The molecule has 2 atom stereocenters. The van der Waals surface area contributed by atoms with E-state index in [4.69, 9.17) is 0 Å². The number of nitrogens with one attached hydrogen (secondary N) is 2. The van der Waals surface area contributed by atoms with Crippen LogP contribution in [0.15, 0.2) is 0 Å². The third kappa shape index (κ3) is 11.2. The van der Waals surface area contributed by atoms with E-state index < -0.39 is 51.6 Å². The molecular formula is C28H50N2O7. The highest BCUT2D eigenvalue weighted by Crippen LogP contribution is 2.33. The van der Waals surface area contributed by atoms with E-state index in [-0.39, 0.29) is 43.3 Å². The molecule has 0 fully saturated rings. The van der Waals surface area contributed by atoms with Crippen molar-refractivity contribution in [2.24, 2.45) is 28.1 Å². The molecule has 0 aromatic heterocycles. The Morgan fingerprint density at radius 1 is 0.757 bits per heavy atom. The van der Waals surface area contributed by atoms with Gasteiger partial charge in [-0.3, -0.25) is 19.2 Å². The first-order chi connectivity index (χ1) is 16.4. The number of carbonyl (C=O) groups excluding carboxylic acids is 3. The maximum absolute atomic E-state index is 12.9. The Bertz CT molecular complexity index is 857. The summed E-state index contributed by atoms with van der Waals surface area (Å²) in [6.45, 7) is 19.3. The van der Waals surface area contributed by atoms with Gasteiger partial charge in [-0.1, -0.05) is 48.5 Å². The molecule has 0 heterocycles. The Kier molecular flexibility index (Phi) is 12.0. The van der Waals surface area contributed by atoms with Gasteiger partial charge < -0.3 is 20.8 Å². The van der Waals surface area contributed by atoms with E-state index in [0.717, 1.165) is 0 Å². The number of carboxylic acid groups (broad SMARTS) is 2. The second-order valence-corrected chi connectivity index (χ2v) is 13.4. The van der Waals surface area contributed by atoms with E-state index in [2.05, 4.69) is 10.6 Å². The summed E-state index contributed by atoms with van der Waals surface area (Å²) in [7, 11) is 0. The first-order valence-electron chi connectivity index (χ1n) is 13.1. The molecule has 0 spiro atoms. The summed E-state index contributed by atoms with van der Waals surface area (Å²) in [6.07, 6.45) is 1.29. The summed E-state index contributed by atoms with van der Waals surface area (Å²) in [5, 5.41) is 24.6. The van der Waals surface area contributed by atoms with E-state index >= 15 is 0 Å². The summed E-state index contributed by atoms with van der Waals surface area (Å²) in [6, 6.07) is -1.19. The van der Waals surface area contributed by atoms with Gasteiger partial charge in [0.15, 0.2) is 0 Å². The van der Waals surface area contributed by atoms with Gasteiger partial charge in [0.05, 0.1) is 5.41 Å². The molecule has 1 unspecified atom stereocenters. The predicted molar refractivity (Wildman–Crippen MR) is 143 cm³/mol. The maximum atomic E-state index is 12.9. The Hall–Kier alpha value is -2.45. The average molecular weight is 527 g/mol. The highest BCUT2D eigenvalue weighted by Gasteiger charge is 2.38. The van der Waals surface area contributed by atoms with Gasteiger partial charge in [-0.2, -0.15) is 0 Å². The lowest BCUT2D eigenvalue weighted by atomic mass is 9.74. The first-order valence-corrected chi connectivity index (χ1v) is 13.1. The number of aliphatic carboxylic acids is 2. The summed E-state index contributed by atoms with van der Waals surface area (Å²) >= 11 is 0. The SMILES string of the molecule is CC(C)C(=O)C(C)(C)CC(C)(C)NC(=O)CCC(C)[C@H](NC(=O)C(C)(C)CCC(C)(C)C(=O)O)C(=O)O. The third-order valence-corrected chi connectivity index (χ3v) is 7.07. The third-order valence-electron chi connectivity index (χ3n) is 7.07. The van der Waals surface area contributed by atoms with Crippen LogP contribution in [-0.2, 0) is 24.0 Å². The average Bonchev–Trinajstić information content (AvgIpc) is 2.72. The lowest BCUT2D eigenvalue weighted by Gasteiger charge is -2.36. The zero-order chi connectivity index (χ0) is 29.6. The molecule has 0 rings (SSSR count). The molecule has 0 saturated carbocycles. The van der Waals surface area contributed by atoms with Crippen LogP contribution < -0.4 is 10.6 Å². The van der Waals surface area contributed by atoms with Gasteiger partial charge >= 0.3 is 11.9 Å². The fraction of sp³-hybridized carbons (Fsp3) is 0.821. The topological polar surface area (TPSA) is 150 Å². The van der Waals surface area contributed by atoms with Gasteiger partial charge in [-0.15, -0.1) is 0 Å². The molecule has 37 heavy (non-hydrogen) atoms. The van der Waals surface area contributed by atoms with E-state index in [1.165, 1.54) is 0 Å². The minimum absolute atomic E-state index is 0.0684. The molecule has 0 aliphatic heterocycles. The quantitative estimate of drug-likeness (QED) is 0.232. The van der Waals surface area contributed by atoms with Crippen LogP contribution in [-0.4, -0.2) is 51.3 Å². The molecule has 0 saturated heterocycles. The Morgan fingerprint density at radius 3 is 1.68 bits per heavy atom. The standard InChI is InChI=1S/C28H50N2O7/c1-17(2)21(32)27(8,9)16-28(10,11)30-19(31)13-12-18(3)20(22(33)34)29-23(35)25(4,5)14-15-26(6,7)24(36)37/h17-18,20H,12-16H2,1-11H3,(H,29,35)(H,30,31)(H,33,34)(H,36,37)/t18?,20-/m0/s1. The van der Waals surface area contributed by atoms with E-state index in [0.29, 0.717) is 6.42 Å². The fourth-order valence-electron chi connectivity index (χ4n) is 4.61. The molecule has 0 radical (unpaired) electrons. The molecule has 0 aliphatic rings. The van der Waals surface area contributed by atoms with E-state index in [9.17, 15) is 34.2 Å². The van der Waals surface area contributed by atoms with E-state index in [1.54, 1.807) is 34.6 Å². The molecule has 214 valence electrons. The molecule has 0 aromatic carbocycles. The summed E-state index contributed by atoms with van der Waals surface area (Å²) in [5.74, 6) is -3.40. The largest absolute Gasteiger partial charge is 0.481 e. The van der Waals surface area contributed by atoms with Crippen LogP contribution in [0.25, 0.3) is 0 Å². The number of Topliss-reactive ketones (excluding diaryl/α,β-unsaturated/α-hetero) is 1. The molecule has 2 amide bonds. The Morgan fingerprint density at radius 2 is 1.24 bits per heavy atom. The van der Waals surface area contributed by atoms with Crippen molar-refractivity contribution >= 4 is 29.5 Å². The second kappa shape index (κ2) is 12.9. The number of carbonyl (C=O) groups is 5. The van der Waals surface area contributed by atoms with E-state index in [1.807, 2.05) is 41.5 Å². The van der Waals surface area contributed by atoms with Gasteiger partial charge in [0.25, 0.3) is 0 Å². The maximum Gasteiger partial charge on any atom is 0.326 e. The molecule has 9 heteroatoms. The minimum atomic E-state index is -1.20. The molecule has 9 nitrogen and oxygen atoms in total. The van der Waals surface area contributed by atoms with Gasteiger partial charge in [-0.25, -0.2) is 4.79 Å². The van der Waals surface area contributed by atoms with Crippen molar-refractivity contribution in [1.29, 1.82) is 0 Å². The van der Waals surface area contributed by atoms with Crippen LogP contribution in [0.4, 0.5) is 0 Å². The Labute approximate surface area is 222 Å². The van der Waals surface area contributed by atoms with Crippen LogP contribution in [0.1, 0.15) is 108 Å². The van der Waals surface area contributed by atoms with Crippen LogP contribution >= 0.6 is 0 Å². The molecule has 0 aromatic rings. The van der Waals surface area contributed by atoms with Gasteiger partial charge in [0.2, 0.25) is 11.8 Å². The van der Waals surface area contributed by atoms with Crippen LogP contribution in [0.2, 0.25) is 0 Å². The van der Waals surface area contributed by atoms with Crippen molar-refractivity contribution in [3.63, 3.8) is 0 Å². The number of rotatable bonds is 16. The lowest BCUT2D eigenvalue weighted by molar-refractivity contribution is -0.148. The fourth-order valence-corrected chi connectivity index (χ4v) is 4.61. The summed E-state index contributed by atoms with van der Waals surface area (Å²) < 4.78 is 0. The highest BCUT2D eigenvalue weighted by molar-refractivity contribution is 5.87. The molecule has 0 aliphatic carbocycles. The monoisotopic (exact) mass is 526 g/mol. The zero-order valence-corrected chi connectivity index (χ0v) is 24.7. The molecular weight excluding hydrogens is 476 g/mol. The van der Waals surface area contributed by atoms with Crippen molar-refractivity contribution in [2.75, 3.05) is 0 Å². The van der Waals surface area contributed by atoms with Gasteiger partial charge in [0.1, 0.15) is 11.8 Å². The lowest BCUT2D eigenvalue weighted by Crippen LogP contribution is -2.50. The van der Waals surface area contributed by atoms with Gasteiger partial charge in [0, 0.05) is 28.7 Å². The number of hydrogen-bond acceptors (Lipinski definition) is 5. The van der Waals surface area contributed by atoms with Crippen LogP contribution in [0.3, 0.4) is 0 Å². The van der Waals surface area contributed by atoms with Crippen LogP contribution in [0.5, 0.6) is 0 Å². The highest BCUT2D eigenvalue weighted by atomic mass is 16.4. The van der Waals surface area contributed by atoms with Crippen molar-refractivity contribution in [1.82, 2.24) is 10.6 Å². The van der Waals surface area contributed by atoms with Crippen molar-refractivity contribution in [3.05, 3.63) is 0 Å². The summed E-state index contributed by atoms with van der Waals surface area (Å²) in [4.78, 5) is 61.4. The van der Waals surface area contributed by atoms with Gasteiger partial charge in [-0.05, 0) is 59.3 Å². The van der Waals surface area contributed by atoms with Crippen molar-refractivity contribution in [2.45, 2.75) is 120 Å². The number of carboxylic acids is 2. The smallest absolute Gasteiger partial charge is 0.326 e. The molecule has 0 bridgehead atoms. The second-order valence-electron chi connectivity index (χ2n) is 13.4. The zero-order valence-electron chi connectivity index (χ0n) is 24.7. The molecule has 4 N–H and O–H groups in total. The normalized spacial score (nSPS) is 14.6. The van der Waals surface area contributed by atoms with Crippen molar-refractivity contribution in [3.8, 4) is 0 Å². The van der Waals surface area contributed by atoms with Crippen LogP contribution in [0, 0.1) is 28.1 Å². The number of ketones is 1. The number of hydrogen-bond donors (Lipinski definition) is 4. The minimum Gasteiger partial charge on any atom is -0.481 e. The number of amides is 2.